The Kier molecular flexibility index (Phi) is 3.99. The van der Waals surface area contributed by atoms with Crippen LogP contribution in [0.3, 0.4) is 0 Å². The average Bonchev–Trinajstić information content (AvgIpc) is 2.89. The first-order valence-corrected chi connectivity index (χ1v) is 8.11. The number of aromatic amines is 1. The maximum atomic E-state index is 11.2. The lowest BCUT2D eigenvalue weighted by Gasteiger charge is -2.32. The zero-order valence-corrected chi connectivity index (χ0v) is 13.8. The van der Waals surface area contributed by atoms with Crippen LogP contribution in [0.4, 0.5) is 0 Å². The highest BCUT2D eigenvalue weighted by Gasteiger charge is 2.25. The molecule has 1 aliphatic rings. The maximum absolute atomic E-state index is 11.2. The van der Waals surface area contributed by atoms with Gasteiger partial charge in [0.05, 0.1) is 0 Å². The van der Waals surface area contributed by atoms with Crippen molar-refractivity contribution >= 4 is 49.9 Å². The molecule has 1 aromatic carbocycles. The topological polar surface area (TPSA) is 62.1 Å². The number of H-pyrrole nitrogens is 1. The Morgan fingerprint density at radius 3 is 2.76 bits per heavy atom. The fourth-order valence-corrected chi connectivity index (χ4v) is 3.52. The van der Waals surface area contributed by atoms with Crippen molar-refractivity contribution in [3.63, 3.8) is 0 Å². The summed E-state index contributed by atoms with van der Waals surface area (Å²) in [6.45, 7) is 1.57. The van der Waals surface area contributed by atoms with Gasteiger partial charge in [-0.25, -0.2) is 0 Å². The van der Waals surface area contributed by atoms with E-state index in [2.05, 4.69) is 31.9 Å². The van der Waals surface area contributed by atoms with Gasteiger partial charge in [-0.05, 0) is 31.0 Å². The van der Waals surface area contributed by atoms with E-state index >= 15 is 0 Å². The molecular weight excluding hydrogens is 350 g/mol. The number of fused-ring (bicyclic) bond motifs is 1. The van der Waals surface area contributed by atoms with E-state index < -0.39 is 0 Å². The molecule has 4 nitrogen and oxygen atoms in total. The highest BCUT2D eigenvalue weighted by Crippen LogP contribution is 2.26. The first kappa shape index (κ1) is 14.5. The van der Waals surface area contributed by atoms with Gasteiger partial charge >= 0.3 is 0 Å². The number of benzene rings is 1. The van der Waals surface area contributed by atoms with E-state index in [0.29, 0.717) is 0 Å². The monoisotopic (exact) mass is 365 g/mol. The number of amides is 1. The second-order valence-electron chi connectivity index (χ2n) is 5.36. The van der Waals surface area contributed by atoms with E-state index in [1.54, 1.807) is 0 Å². The number of thiocarbonyl (C=S) groups is 1. The van der Waals surface area contributed by atoms with Crippen LogP contribution in [0.15, 0.2) is 28.9 Å². The molecule has 1 amide bonds. The summed E-state index contributed by atoms with van der Waals surface area (Å²) in [6.07, 6.45) is 3.52. The molecule has 0 radical (unpaired) electrons. The minimum Gasteiger partial charge on any atom is -0.369 e. The third-order valence-corrected chi connectivity index (χ3v) is 5.03. The molecule has 1 aliphatic heterocycles. The summed E-state index contributed by atoms with van der Waals surface area (Å²) >= 11 is 9.14. The minimum absolute atomic E-state index is 0.0128. The molecule has 1 aromatic heterocycles. The summed E-state index contributed by atoms with van der Waals surface area (Å²) in [7, 11) is 0. The van der Waals surface area contributed by atoms with Gasteiger partial charge in [-0.3, -0.25) is 4.79 Å². The molecule has 1 saturated heterocycles. The summed E-state index contributed by atoms with van der Waals surface area (Å²) in [5.41, 5.74) is 7.49. The molecule has 0 unspecified atom stereocenters. The lowest BCUT2D eigenvalue weighted by atomic mass is 9.96. The number of hydrogen-bond acceptors (Lipinski definition) is 2. The van der Waals surface area contributed by atoms with Crippen LogP contribution in [0.5, 0.6) is 0 Å². The maximum Gasteiger partial charge on any atom is 0.220 e. The SMILES string of the molecule is NC(=O)C1CCN(C(=S)c2c[nH]c3ccc(Br)cc23)CC1. The Hall–Kier alpha value is -1.40. The van der Waals surface area contributed by atoms with Crippen molar-refractivity contribution < 1.29 is 4.79 Å². The number of primary amides is 1. The number of carbonyl (C=O) groups excluding carboxylic acids is 1. The molecule has 2 heterocycles. The second kappa shape index (κ2) is 5.77. The van der Waals surface area contributed by atoms with Crippen molar-refractivity contribution in [3.8, 4) is 0 Å². The Labute approximate surface area is 136 Å². The van der Waals surface area contributed by atoms with Gasteiger partial charge in [-0.2, -0.15) is 0 Å². The van der Waals surface area contributed by atoms with Crippen molar-refractivity contribution in [2.45, 2.75) is 12.8 Å². The molecular formula is C15H16BrN3OS. The molecule has 0 bridgehead atoms. The van der Waals surface area contributed by atoms with Crippen LogP contribution in [0.2, 0.25) is 0 Å². The van der Waals surface area contributed by atoms with Crippen molar-refractivity contribution in [2.75, 3.05) is 13.1 Å². The van der Waals surface area contributed by atoms with E-state index in [1.807, 2.05) is 18.3 Å². The number of nitrogens with one attached hydrogen (secondary N) is 1. The molecule has 110 valence electrons. The number of likely N-dealkylation sites (tertiary alicyclic amines) is 1. The first-order chi connectivity index (χ1) is 10.1. The highest BCUT2D eigenvalue weighted by molar-refractivity contribution is 9.10. The molecule has 21 heavy (non-hydrogen) atoms. The normalized spacial score (nSPS) is 16.3. The molecule has 3 rings (SSSR count). The summed E-state index contributed by atoms with van der Waals surface area (Å²) in [5, 5.41) is 1.12. The van der Waals surface area contributed by atoms with Gasteiger partial charge in [0.2, 0.25) is 5.91 Å². The van der Waals surface area contributed by atoms with Gasteiger partial charge in [0.15, 0.2) is 0 Å². The van der Waals surface area contributed by atoms with Crippen LogP contribution in [-0.4, -0.2) is 33.9 Å². The second-order valence-corrected chi connectivity index (χ2v) is 6.66. The Bertz CT molecular complexity index is 704. The number of nitrogens with zero attached hydrogens (tertiary/aromatic N) is 1. The average molecular weight is 366 g/mol. The smallest absolute Gasteiger partial charge is 0.220 e. The molecule has 0 aliphatic carbocycles. The fraction of sp³-hybridized carbons (Fsp3) is 0.333. The van der Waals surface area contributed by atoms with Crippen LogP contribution in [0.1, 0.15) is 18.4 Å². The number of halogens is 1. The number of aromatic nitrogens is 1. The Balaban J connectivity index is 1.82. The van der Waals surface area contributed by atoms with Gasteiger partial charge in [0.1, 0.15) is 4.99 Å². The standard InChI is InChI=1S/C15H16BrN3OS/c16-10-1-2-13-11(7-10)12(8-18-13)15(21)19-5-3-9(4-6-19)14(17)20/h1-2,7-9,18H,3-6H2,(H2,17,20). The summed E-state index contributed by atoms with van der Waals surface area (Å²) in [5.74, 6) is -0.210. The summed E-state index contributed by atoms with van der Waals surface area (Å²) < 4.78 is 1.03. The van der Waals surface area contributed by atoms with Gasteiger partial charge in [0.25, 0.3) is 0 Å². The van der Waals surface area contributed by atoms with Crippen molar-refractivity contribution in [2.24, 2.45) is 11.7 Å². The number of nitrogens with two attached hydrogens (primary N) is 1. The van der Waals surface area contributed by atoms with Crippen LogP contribution < -0.4 is 5.73 Å². The minimum atomic E-state index is -0.198. The van der Waals surface area contributed by atoms with Crippen LogP contribution in [-0.2, 0) is 4.79 Å². The van der Waals surface area contributed by atoms with Crippen molar-refractivity contribution in [1.82, 2.24) is 9.88 Å². The number of rotatable bonds is 2. The molecule has 0 spiro atoms. The van der Waals surface area contributed by atoms with Gasteiger partial charge in [-0.1, -0.05) is 28.1 Å². The van der Waals surface area contributed by atoms with E-state index in [-0.39, 0.29) is 11.8 Å². The third kappa shape index (κ3) is 2.82. The zero-order chi connectivity index (χ0) is 15.0. The summed E-state index contributed by atoms with van der Waals surface area (Å²) in [4.78, 5) is 17.5. The van der Waals surface area contributed by atoms with E-state index in [1.165, 1.54) is 0 Å². The largest absolute Gasteiger partial charge is 0.369 e. The molecule has 1 fully saturated rings. The van der Waals surface area contributed by atoms with E-state index in [9.17, 15) is 4.79 Å². The molecule has 6 heteroatoms. The van der Waals surface area contributed by atoms with Crippen molar-refractivity contribution in [1.29, 1.82) is 0 Å². The first-order valence-electron chi connectivity index (χ1n) is 6.91. The molecule has 3 N–H and O–H groups in total. The highest BCUT2D eigenvalue weighted by atomic mass is 79.9. The molecule has 0 atom stereocenters. The molecule has 0 saturated carbocycles. The van der Waals surface area contributed by atoms with Gasteiger partial charge < -0.3 is 15.6 Å². The molecule has 2 aromatic rings. The van der Waals surface area contributed by atoms with E-state index in [4.69, 9.17) is 18.0 Å². The predicted molar refractivity (Wildman–Crippen MR) is 91.2 cm³/mol. The quantitative estimate of drug-likeness (QED) is 0.804. The Morgan fingerprint density at radius 1 is 1.38 bits per heavy atom. The van der Waals surface area contributed by atoms with Crippen LogP contribution in [0, 0.1) is 5.92 Å². The zero-order valence-electron chi connectivity index (χ0n) is 11.4. The lowest BCUT2D eigenvalue weighted by Crippen LogP contribution is -2.41. The van der Waals surface area contributed by atoms with Crippen LogP contribution >= 0.6 is 28.1 Å². The number of hydrogen-bond donors (Lipinski definition) is 2. The predicted octanol–water partition coefficient (Wildman–Crippen LogP) is 2.80. The van der Waals surface area contributed by atoms with Gasteiger partial charge in [0, 0.05) is 46.1 Å². The Morgan fingerprint density at radius 2 is 2.10 bits per heavy atom. The van der Waals surface area contributed by atoms with E-state index in [0.717, 1.165) is 51.9 Å². The fourth-order valence-electron chi connectivity index (χ4n) is 2.81. The third-order valence-electron chi connectivity index (χ3n) is 4.06. The summed E-state index contributed by atoms with van der Waals surface area (Å²) in [6, 6.07) is 6.11. The lowest BCUT2D eigenvalue weighted by molar-refractivity contribution is -0.122. The number of piperidine rings is 1. The van der Waals surface area contributed by atoms with Crippen molar-refractivity contribution in [3.05, 3.63) is 34.4 Å². The van der Waals surface area contributed by atoms with Crippen LogP contribution in [0.25, 0.3) is 10.9 Å². The van der Waals surface area contributed by atoms with Gasteiger partial charge in [-0.15, -0.1) is 0 Å². The number of carbonyl (C=O) groups is 1.